The van der Waals surface area contributed by atoms with Crippen LogP contribution in [0.5, 0.6) is 0 Å². The molecular formula is C23H27N5O2. The highest BCUT2D eigenvalue weighted by molar-refractivity contribution is 6.06. The average Bonchev–Trinajstić information content (AvgIpc) is 3.21. The van der Waals surface area contributed by atoms with Crippen molar-refractivity contribution >= 4 is 17.5 Å². The number of anilines is 1. The first-order chi connectivity index (χ1) is 14.5. The second-order valence-corrected chi connectivity index (χ2v) is 7.21. The fraction of sp³-hybridized carbons (Fsp3) is 0.304. The number of nitrogens with zero attached hydrogens (tertiary/aromatic N) is 4. The van der Waals surface area contributed by atoms with Crippen LogP contribution in [0.2, 0.25) is 0 Å². The Kier molecular flexibility index (Phi) is 6.61. The molecular weight excluding hydrogens is 378 g/mol. The number of nitrogens with one attached hydrogen (secondary N) is 1. The van der Waals surface area contributed by atoms with Crippen LogP contribution < -0.4 is 5.32 Å². The van der Waals surface area contributed by atoms with E-state index >= 15 is 0 Å². The summed E-state index contributed by atoms with van der Waals surface area (Å²) in [5, 5.41) is 7.30. The Bertz CT molecular complexity index is 1020. The van der Waals surface area contributed by atoms with Crippen LogP contribution in [0, 0.1) is 0 Å². The van der Waals surface area contributed by atoms with Crippen LogP contribution in [-0.4, -0.2) is 44.6 Å². The smallest absolute Gasteiger partial charge is 0.259 e. The third kappa shape index (κ3) is 4.40. The zero-order valence-electron chi connectivity index (χ0n) is 17.8. The number of hydrogen-bond donors (Lipinski definition) is 1. The molecule has 2 heterocycles. The molecule has 7 nitrogen and oxygen atoms in total. The molecule has 0 spiro atoms. The van der Waals surface area contributed by atoms with Crippen molar-refractivity contribution in [3.63, 3.8) is 0 Å². The number of pyridine rings is 1. The van der Waals surface area contributed by atoms with Gasteiger partial charge in [0.1, 0.15) is 0 Å². The fourth-order valence-electron chi connectivity index (χ4n) is 3.37. The van der Waals surface area contributed by atoms with Gasteiger partial charge in [0.05, 0.1) is 17.5 Å². The Labute approximate surface area is 176 Å². The molecule has 30 heavy (non-hydrogen) atoms. The van der Waals surface area contributed by atoms with E-state index in [1.54, 1.807) is 46.2 Å². The molecule has 0 saturated carbocycles. The van der Waals surface area contributed by atoms with E-state index in [1.807, 2.05) is 45.9 Å². The quantitative estimate of drug-likeness (QED) is 0.641. The molecule has 0 aliphatic carbocycles. The Morgan fingerprint density at radius 1 is 1.10 bits per heavy atom. The number of benzene rings is 1. The summed E-state index contributed by atoms with van der Waals surface area (Å²) in [7, 11) is 0. The minimum atomic E-state index is -0.270. The van der Waals surface area contributed by atoms with E-state index in [2.05, 4.69) is 15.4 Å². The highest BCUT2D eigenvalue weighted by Gasteiger charge is 2.22. The van der Waals surface area contributed by atoms with E-state index in [-0.39, 0.29) is 17.7 Å². The summed E-state index contributed by atoms with van der Waals surface area (Å²) in [6, 6.07) is 12.6. The molecule has 0 radical (unpaired) electrons. The van der Waals surface area contributed by atoms with E-state index in [0.717, 1.165) is 5.69 Å². The van der Waals surface area contributed by atoms with Crippen molar-refractivity contribution in [3.8, 4) is 5.82 Å². The maximum atomic E-state index is 13.0. The molecule has 7 heteroatoms. The second-order valence-electron chi connectivity index (χ2n) is 7.21. The summed E-state index contributed by atoms with van der Waals surface area (Å²) >= 11 is 0. The SMILES string of the molecule is CCN(CC)C(=O)c1cccc(NC(=O)c2cnn(-c3ccccn3)c2C(C)C)c1. The third-order valence-corrected chi connectivity index (χ3v) is 4.88. The van der Waals surface area contributed by atoms with Crippen LogP contribution >= 0.6 is 0 Å². The lowest BCUT2D eigenvalue weighted by Gasteiger charge is -2.19. The Balaban J connectivity index is 1.88. The number of amides is 2. The van der Waals surface area contributed by atoms with Gasteiger partial charge >= 0.3 is 0 Å². The number of carbonyl (C=O) groups is 2. The zero-order chi connectivity index (χ0) is 21.7. The summed E-state index contributed by atoms with van der Waals surface area (Å²) in [4.78, 5) is 31.7. The third-order valence-electron chi connectivity index (χ3n) is 4.88. The minimum absolute atomic E-state index is 0.0538. The lowest BCUT2D eigenvalue weighted by molar-refractivity contribution is 0.0772. The molecule has 3 aromatic rings. The predicted molar refractivity (Wildman–Crippen MR) is 117 cm³/mol. The number of aromatic nitrogens is 3. The first kappa shape index (κ1) is 21.2. The second kappa shape index (κ2) is 9.35. The van der Waals surface area contributed by atoms with Crippen molar-refractivity contribution in [3.05, 3.63) is 71.7 Å². The Morgan fingerprint density at radius 3 is 2.50 bits per heavy atom. The van der Waals surface area contributed by atoms with Crippen molar-refractivity contribution in [1.82, 2.24) is 19.7 Å². The van der Waals surface area contributed by atoms with Gasteiger partial charge in [-0.2, -0.15) is 5.10 Å². The molecule has 1 aromatic carbocycles. The molecule has 0 fully saturated rings. The zero-order valence-corrected chi connectivity index (χ0v) is 17.8. The van der Waals surface area contributed by atoms with Gasteiger partial charge in [0.15, 0.2) is 5.82 Å². The molecule has 1 N–H and O–H groups in total. The number of rotatable bonds is 7. The van der Waals surface area contributed by atoms with Gasteiger partial charge < -0.3 is 10.2 Å². The first-order valence-electron chi connectivity index (χ1n) is 10.2. The normalized spacial score (nSPS) is 10.8. The Hall–Kier alpha value is -3.48. The maximum Gasteiger partial charge on any atom is 0.259 e. The van der Waals surface area contributed by atoms with Gasteiger partial charge in [0.2, 0.25) is 0 Å². The summed E-state index contributed by atoms with van der Waals surface area (Å²) in [5.41, 5.74) is 2.38. The average molecular weight is 406 g/mol. The van der Waals surface area contributed by atoms with Crippen molar-refractivity contribution < 1.29 is 9.59 Å². The molecule has 156 valence electrons. The van der Waals surface area contributed by atoms with Crippen LogP contribution in [0.25, 0.3) is 5.82 Å². The molecule has 0 atom stereocenters. The largest absolute Gasteiger partial charge is 0.339 e. The maximum absolute atomic E-state index is 13.0. The first-order valence-corrected chi connectivity index (χ1v) is 10.2. The molecule has 2 amide bonds. The van der Waals surface area contributed by atoms with Crippen molar-refractivity contribution in [2.45, 2.75) is 33.6 Å². The predicted octanol–water partition coefficient (Wildman–Crippen LogP) is 4.13. The van der Waals surface area contributed by atoms with Crippen LogP contribution in [0.1, 0.15) is 60.0 Å². The van der Waals surface area contributed by atoms with Gasteiger partial charge in [-0.05, 0) is 50.1 Å². The lowest BCUT2D eigenvalue weighted by Crippen LogP contribution is -2.30. The molecule has 0 aliphatic rings. The monoisotopic (exact) mass is 405 g/mol. The molecule has 0 unspecified atom stereocenters. The van der Waals surface area contributed by atoms with E-state index in [4.69, 9.17) is 0 Å². The van der Waals surface area contributed by atoms with Crippen LogP contribution in [0.3, 0.4) is 0 Å². The van der Waals surface area contributed by atoms with Gasteiger partial charge in [-0.3, -0.25) is 9.59 Å². The highest BCUT2D eigenvalue weighted by atomic mass is 16.2. The fourth-order valence-corrected chi connectivity index (χ4v) is 3.37. The van der Waals surface area contributed by atoms with Crippen molar-refractivity contribution in [2.75, 3.05) is 18.4 Å². The standard InChI is InChI=1S/C23H27N5O2/c1-5-27(6-2)23(30)17-10-9-11-18(14-17)26-22(29)19-15-25-28(21(19)16(3)4)20-12-7-8-13-24-20/h7-16H,5-6H2,1-4H3,(H,26,29). The van der Waals surface area contributed by atoms with Crippen molar-refractivity contribution in [1.29, 1.82) is 0 Å². The molecule has 0 aliphatic heterocycles. The van der Waals surface area contributed by atoms with Crippen molar-refractivity contribution in [2.24, 2.45) is 0 Å². The van der Waals surface area contributed by atoms with Crippen LogP contribution in [0.4, 0.5) is 5.69 Å². The topological polar surface area (TPSA) is 80.1 Å². The molecule has 0 saturated heterocycles. The van der Waals surface area contributed by atoms with Crippen LogP contribution in [-0.2, 0) is 0 Å². The van der Waals surface area contributed by atoms with Gasteiger partial charge in [-0.25, -0.2) is 9.67 Å². The van der Waals surface area contributed by atoms with Gasteiger partial charge in [0.25, 0.3) is 11.8 Å². The molecule has 0 bridgehead atoms. The van der Waals surface area contributed by atoms with E-state index in [0.29, 0.717) is 35.7 Å². The van der Waals surface area contributed by atoms with E-state index in [1.165, 1.54) is 0 Å². The lowest BCUT2D eigenvalue weighted by atomic mass is 10.0. The minimum Gasteiger partial charge on any atom is -0.339 e. The summed E-state index contributed by atoms with van der Waals surface area (Å²) < 4.78 is 1.69. The molecule has 2 aromatic heterocycles. The van der Waals surface area contributed by atoms with Gasteiger partial charge in [0, 0.05) is 30.5 Å². The highest BCUT2D eigenvalue weighted by Crippen LogP contribution is 2.23. The van der Waals surface area contributed by atoms with Gasteiger partial charge in [-0.1, -0.05) is 26.0 Å². The van der Waals surface area contributed by atoms with Crippen LogP contribution in [0.15, 0.2) is 54.9 Å². The molecule has 3 rings (SSSR count). The van der Waals surface area contributed by atoms with E-state index < -0.39 is 0 Å². The summed E-state index contributed by atoms with van der Waals surface area (Å²) in [6.45, 7) is 9.18. The summed E-state index contributed by atoms with van der Waals surface area (Å²) in [6.07, 6.45) is 3.25. The number of hydrogen-bond acceptors (Lipinski definition) is 4. The number of carbonyl (C=O) groups excluding carboxylic acids is 2. The van der Waals surface area contributed by atoms with E-state index in [9.17, 15) is 9.59 Å². The Morgan fingerprint density at radius 2 is 1.87 bits per heavy atom. The van der Waals surface area contributed by atoms with Gasteiger partial charge in [-0.15, -0.1) is 0 Å². The summed E-state index contributed by atoms with van der Waals surface area (Å²) in [5.74, 6) is 0.396.